The first-order valence-electron chi connectivity index (χ1n) is 5.96. The van der Waals surface area contributed by atoms with Crippen LogP contribution in [-0.4, -0.2) is 42.9 Å². The summed E-state index contributed by atoms with van der Waals surface area (Å²) in [5.41, 5.74) is 0.288. The van der Waals surface area contributed by atoms with Crippen molar-refractivity contribution < 1.29 is 14.8 Å². The van der Waals surface area contributed by atoms with Crippen LogP contribution in [0.15, 0.2) is 18.2 Å². The van der Waals surface area contributed by atoms with Crippen molar-refractivity contribution in [3.05, 3.63) is 28.3 Å². The number of tetrazole rings is 1. The molecule has 0 radical (unpaired) electrons. The molecule has 2 aromatic rings. The predicted octanol–water partition coefficient (Wildman–Crippen LogP) is 0.563. The van der Waals surface area contributed by atoms with Crippen LogP contribution in [0.1, 0.15) is 13.0 Å². The topological polar surface area (TPSA) is 116 Å². The first kappa shape index (κ1) is 12.5. The van der Waals surface area contributed by atoms with Crippen LogP contribution in [0, 0.1) is 10.1 Å². The van der Waals surface area contributed by atoms with E-state index >= 15 is 0 Å². The molecule has 1 N–H and O–H groups in total. The quantitative estimate of drug-likeness (QED) is 0.629. The number of ether oxygens (including phenoxy) is 1. The van der Waals surface area contributed by atoms with Gasteiger partial charge >= 0.3 is 5.69 Å². The Balaban J connectivity index is 2.22. The van der Waals surface area contributed by atoms with E-state index < -0.39 is 17.1 Å². The van der Waals surface area contributed by atoms with Gasteiger partial charge in [-0.15, -0.1) is 5.10 Å². The Morgan fingerprint density at radius 1 is 1.60 bits per heavy atom. The van der Waals surface area contributed by atoms with E-state index in [0.717, 1.165) is 0 Å². The lowest BCUT2D eigenvalue weighted by molar-refractivity contribution is -0.385. The fourth-order valence-electron chi connectivity index (χ4n) is 2.17. The smallest absolute Gasteiger partial charge is 0.311 e. The van der Waals surface area contributed by atoms with E-state index in [4.69, 9.17) is 4.74 Å². The molecule has 1 aliphatic heterocycles. The summed E-state index contributed by atoms with van der Waals surface area (Å²) in [6, 6.07) is 4.04. The lowest BCUT2D eigenvalue weighted by atomic mass is 10.1. The van der Waals surface area contributed by atoms with E-state index in [9.17, 15) is 15.2 Å². The normalized spacial score (nSPS) is 18.4. The highest BCUT2D eigenvalue weighted by Gasteiger charge is 2.32. The average Bonchev–Trinajstić information content (AvgIpc) is 2.81. The first-order chi connectivity index (χ1) is 9.59. The molecule has 0 bridgehead atoms. The van der Waals surface area contributed by atoms with Gasteiger partial charge in [0.1, 0.15) is 12.6 Å². The van der Waals surface area contributed by atoms with Crippen molar-refractivity contribution in [2.75, 3.05) is 6.61 Å². The molecule has 1 unspecified atom stereocenters. The van der Waals surface area contributed by atoms with Gasteiger partial charge in [0.15, 0.2) is 5.82 Å². The molecule has 9 heteroatoms. The fourth-order valence-corrected chi connectivity index (χ4v) is 2.17. The summed E-state index contributed by atoms with van der Waals surface area (Å²) < 4.78 is 6.96. The third-order valence-electron chi connectivity index (χ3n) is 3.19. The molecule has 0 saturated carbocycles. The van der Waals surface area contributed by atoms with Crippen LogP contribution < -0.4 is 4.74 Å². The van der Waals surface area contributed by atoms with E-state index in [1.54, 1.807) is 19.1 Å². The second-order valence-corrected chi connectivity index (χ2v) is 4.48. The van der Waals surface area contributed by atoms with Crippen LogP contribution >= 0.6 is 0 Å². The third-order valence-corrected chi connectivity index (χ3v) is 3.19. The number of hydrogen-bond acceptors (Lipinski definition) is 7. The molecule has 0 aliphatic carbocycles. The maximum absolute atomic E-state index is 11.1. The van der Waals surface area contributed by atoms with E-state index in [-0.39, 0.29) is 18.0 Å². The molecule has 9 nitrogen and oxygen atoms in total. The van der Waals surface area contributed by atoms with Gasteiger partial charge in [0, 0.05) is 6.07 Å². The van der Waals surface area contributed by atoms with Gasteiger partial charge in [-0.3, -0.25) is 10.1 Å². The minimum Gasteiger partial charge on any atom is -0.484 e. The second-order valence-electron chi connectivity index (χ2n) is 4.48. The fraction of sp³-hybridized carbons (Fsp3) is 0.364. The van der Waals surface area contributed by atoms with Crippen molar-refractivity contribution in [3.63, 3.8) is 0 Å². The van der Waals surface area contributed by atoms with Gasteiger partial charge in [0.25, 0.3) is 0 Å². The van der Waals surface area contributed by atoms with Crippen LogP contribution in [0.3, 0.4) is 0 Å². The average molecular weight is 277 g/mol. The summed E-state index contributed by atoms with van der Waals surface area (Å²) in [6.45, 7) is 1.64. The molecule has 20 heavy (non-hydrogen) atoms. The lowest BCUT2D eigenvalue weighted by Gasteiger charge is -2.17. The summed E-state index contributed by atoms with van der Waals surface area (Å²) in [5, 5.41) is 32.2. The maximum Gasteiger partial charge on any atom is 0.311 e. The molecule has 104 valence electrons. The highest BCUT2D eigenvalue weighted by atomic mass is 16.6. The molecule has 2 heterocycles. The summed E-state index contributed by atoms with van der Waals surface area (Å²) >= 11 is 0. The number of aliphatic hydroxyl groups excluding tert-OH is 1. The molecule has 1 aromatic carbocycles. The highest BCUT2D eigenvalue weighted by Crippen LogP contribution is 2.40. The standard InChI is InChI=1S/C11H11N5O4/c1-6(17)9-5-20-10-7(11-12-13-14-15(9)11)3-2-4-8(10)16(18)19/h2-4,6,9,17H,5H2,1H3/t6?,9-/m0/s1. The zero-order chi connectivity index (χ0) is 14.3. The van der Waals surface area contributed by atoms with Crippen LogP contribution in [-0.2, 0) is 0 Å². The molecular formula is C11H11N5O4. The zero-order valence-corrected chi connectivity index (χ0v) is 10.5. The molecule has 3 rings (SSSR count). The monoisotopic (exact) mass is 277 g/mol. The highest BCUT2D eigenvalue weighted by molar-refractivity contribution is 5.71. The minimum atomic E-state index is -0.759. The minimum absolute atomic E-state index is 0.0492. The van der Waals surface area contributed by atoms with Gasteiger partial charge in [-0.25, -0.2) is 4.68 Å². The van der Waals surface area contributed by atoms with Crippen molar-refractivity contribution in [2.24, 2.45) is 0 Å². The zero-order valence-electron chi connectivity index (χ0n) is 10.5. The third kappa shape index (κ3) is 1.79. The summed E-state index contributed by atoms with van der Waals surface area (Å²) in [5.74, 6) is 0.462. The molecule has 0 saturated heterocycles. The van der Waals surface area contributed by atoms with Crippen molar-refractivity contribution >= 4 is 5.69 Å². The van der Waals surface area contributed by atoms with Crippen LogP contribution in [0.2, 0.25) is 0 Å². The van der Waals surface area contributed by atoms with Crippen molar-refractivity contribution in [1.29, 1.82) is 0 Å². The van der Waals surface area contributed by atoms with Crippen LogP contribution in [0.4, 0.5) is 5.69 Å². The van der Waals surface area contributed by atoms with Crippen molar-refractivity contribution in [3.8, 4) is 17.1 Å². The first-order valence-corrected chi connectivity index (χ1v) is 5.96. The number of aromatic nitrogens is 4. The van der Waals surface area contributed by atoms with Gasteiger partial charge in [0.05, 0.1) is 16.6 Å². The number of nitrogens with zero attached hydrogens (tertiary/aromatic N) is 5. The Kier molecular flexibility index (Phi) is 2.83. The SMILES string of the molecule is CC(O)[C@@H]1COc2c(cccc2[N+](=O)[O-])-c2nnnn21. The molecule has 0 spiro atoms. The Labute approximate surface area is 112 Å². The molecule has 1 aromatic heterocycles. The summed E-state index contributed by atoms with van der Waals surface area (Å²) in [4.78, 5) is 10.6. The number of para-hydroxylation sites is 1. The van der Waals surface area contributed by atoms with Gasteiger partial charge in [-0.1, -0.05) is 6.07 Å². The van der Waals surface area contributed by atoms with Crippen molar-refractivity contribution in [1.82, 2.24) is 20.2 Å². The number of fused-ring (bicyclic) bond motifs is 3. The second kappa shape index (κ2) is 4.53. The van der Waals surface area contributed by atoms with Gasteiger partial charge in [0.2, 0.25) is 5.75 Å². The van der Waals surface area contributed by atoms with Gasteiger partial charge < -0.3 is 9.84 Å². The molecular weight excluding hydrogens is 266 g/mol. The Bertz CT molecular complexity index is 669. The number of hydrogen-bond donors (Lipinski definition) is 1. The van der Waals surface area contributed by atoms with E-state index in [2.05, 4.69) is 15.5 Å². The molecule has 0 amide bonds. The molecule has 2 atom stereocenters. The lowest BCUT2D eigenvalue weighted by Crippen LogP contribution is -2.27. The van der Waals surface area contributed by atoms with Gasteiger partial charge in [-0.2, -0.15) is 0 Å². The summed E-state index contributed by atoms with van der Waals surface area (Å²) in [6.07, 6.45) is -0.759. The largest absolute Gasteiger partial charge is 0.484 e. The molecule has 1 aliphatic rings. The maximum atomic E-state index is 11.1. The van der Waals surface area contributed by atoms with Crippen LogP contribution in [0.25, 0.3) is 11.4 Å². The molecule has 0 fully saturated rings. The summed E-state index contributed by atoms with van der Waals surface area (Å²) in [7, 11) is 0. The Hall–Kier alpha value is -2.55. The number of benzene rings is 1. The van der Waals surface area contributed by atoms with Crippen LogP contribution in [0.5, 0.6) is 5.75 Å². The Morgan fingerprint density at radius 2 is 2.40 bits per heavy atom. The van der Waals surface area contributed by atoms with E-state index in [0.29, 0.717) is 11.4 Å². The van der Waals surface area contributed by atoms with Crippen molar-refractivity contribution in [2.45, 2.75) is 19.1 Å². The van der Waals surface area contributed by atoms with Gasteiger partial charge in [-0.05, 0) is 23.4 Å². The number of aliphatic hydroxyl groups is 1. The predicted molar refractivity (Wildman–Crippen MR) is 66.1 cm³/mol. The Morgan fingerprint density at radius 3 is 3.10 bits per heavy atom. The van der Waals surface area contributed by atoms with E-state index in [1.807, 2.05) is 0 Å². The number of nitro groups is 1. The number of nitro benzene ring substituents is 1. The number of rotatable bonds is 2. The van der Waals surface area contributed by atoms with E-state index in [1.165, 1.54) is 10.7 Å².